The molecule has 144 valence electrons. The van der Waals surface area contributed by atoms with E-state index < -0.39 is 5.60 Å². The Morgan fingerprint density at radius 3 is 2.19 bits per heavy atom. The topological polar surface area (TPSA) is 24.7 Å². The van der Waals surface area contributed by atoms with E-state index >= 15 is 0 Å². The van der Waals surface area contributed by atoms with Crippen LogP contribution in [0.5, 0.6) is 0 Å². The summed E-state index contributed by atoms with van der Waals surface area (Å²) in [6, 6.07) is 10.2. The Morgan fingerprint density at radius 2 is 1.62 bits per heavy atom. The van der Waals surface area contributed by atoms with Crippen LogP contribution in [0.25, 0.3) is 0 Å². The maximum absolute atomic E-state index is 11.5. The predicted octanol–water partition coefficient (Wildman–Crippen LogP) is 3.94. The van der Waals surface area contributed by atoms with Gasteiger partial charge in [0.1, 0.15) is 12.1 Å². The lowest BCUT2D eigenvalue weighted by Gasteiger charge is -2.33. The zero-order valence-corrected chi connectivity index (χ0v) is 16.9. The SMILES string of the molecule is CCCC[NH+](CC#CC[C@](O)(c1ccccc1)C1CCCC1)CCCC. The lowest BCUT2D eigenvalue weighted by Crippen LogP contribution is -3.12. The molecule has 0 unspecified atom stereocenters. The molecule has 1 fully saturated rings. The molecule has 1 aliphatic rings. The third-order valence-electron chi connectivity index (χ3n) is 5.89. The van der Waals surface area contributed by atoms with Crippen LogP contribution in [0, 0.1) is 17.8 Å². The summed E-state index contributed by atoms with van der Waals surface area (Å²) in [5.41, 5.74) is 0.264. The number of unbranched alkanes of at least 4 members (excludes halogenated alkanes) is 2. The molecule has 1 saturated carbocycles. The number of hydrogen-bond donors (Lipinski definition) is 2. The van der Waals surface area contributed by atoms with E-state index in [2.05, 4.69) is 37.8 Å². The smallest absolute Gasteiger partial charge is 0.139 e. The zero-order chi connectivity index (χ0) is 18.7. The maximum Gasteiger partial charge on any atom is 0.139 e. The monoisotopic (exact) mass is 356 g/mol. The fraction of sp³-hybridized carbons (Fsp3) is 0.667. The summed E-state index contributed by atoms with van der Waals surface area (Å²) in [5, 5.41) is 11.5. The summed E-state index contributed by atoms with van der Waals surface area (Å²) in [5.74, 6) is 7.12. The average molecular weight is 357 g/mol. The molecule has 26 heavy (non-hydrogen) atoms. The zero-order valence-electron chi connectivity index (χ0n) is 16.9. The van der Waals surface area contributed by atoms with E-state index in [-0.39, 0.29) is 0 Å². The minimum Gasteiger partial charge on any atom is -0.384 e. The fourth-order valence-corrected chi connectivity index (χ4v) is 4.15. The van der Waals surface area contributed by atoms with Crippen molar-refractivity contribution in [2.24, 2.45) is 5.92 Å². The highest BCUT2D eigenvalue weighted by Gasteiger charge is 2.39. The van der Waals surface area contributed by atoms with Gasteiger partial charge in [0, 0.05) is 6.42 Å². The van der Waals surface area contributed by atoms with Crippen LogP contribution in [-0.4, -0.2) is 24.7 Å². The van der Waals surface area contributed by atoms with Gasteiger partial charge in [-0.3, -0.25) is 0 Å². The van der Waals surface area contributed by atoms with Gasteiger partial charge >= 0.3 is 0 Å². The van der Waals surface area contributed by atoms with E-state index in [1.54, 1.807) is 4.90 Å². The first-order valence-corrected chi connectivity index (χ1v) is 10.8. The van der Waals surface area contributed by atoms with E-state index in [1.165, 1.54) is 51.6 Å². The number of hydrogen-bond acceptors (Lipinski definition) is 1. The van der Waals surface area contributed by atoms with Crippen LogP contribution in [0.3, 0.4) is 0 Å². The second-order valence-corrected chi connectivity index (χ2v) is 7.94. The number of aliphatic hydroxyl groups is 1. The third-order valence-corrected chi connectivity index (χ3v) is 5.89. The molecule has 0 heterocycles. The molecule has 0 bridgehead atoms. The predicted molar refractivity (Wildman–Crippen MR) is 110 cm³/mol. The maximum atomic E-state index is 11.5. The van der Waals surface area contributed by atoms with Gasteiger partial charge in [-0.15, -0.1) is 0 Å². The Kier molecular flexibility index (Phi) is 9.23. The summed E-state index contributed by atoms with van der Waals surface area (Å²) in [4.78, 5) is 1.60. The molecule has 0 amide bonds. The van der Waals surface area contributed by atoms with Crippen molar-refractivity contribution in [2.75, 3.05) is 19.6 Å². The Labute approximate surface area is 161 Å². The van der Waals surface area contributed by atoms with Crippen LogP contribution in [-0.2, 0) is 5.60 Å². The quantitative estimate of drug-likeness (QED) is 0.610. The molecule has 2 nitrogen and oxygen atoms in total. The van der Waals surface area contributed by atoms with Crippen molar-refractivity contribution in [1.82, 2.24) is 0 Å². The number of rotatable bonds is 10. The van der Waals surface area contributed by atoms with Gasteiger partial charge in [0.05, 0.1) is 13.1 Å². The molecule has 0 spiro atoms. The van der Waals surface area contributed by atoms with Crippen molar-refractivity contribution >= 4 is 0 Å². The van der Waals surface area contributed by atoms with E-state index in [9.17, 15) is 5.11 Å². The van der Waals surface area contributed by atoms with Crippen LogP contribution >= 0.6 is 0 Å². The third kappa shape index (κ3) is 6.15. The van der Waals surface area contributed by atoms with Gasteiger partial charge in [0.15, 0.2) is 0 Å². The molecule has 2 rings (SSSR count). The Balaban J connectivity index is 2.01. The normalized spacial score (nSPS) is 17.1. The highest BCUT2D eigenvalue weighted by Crippen LogP contribution is 2.42. The Morgan fingerprint density at radius 1 is 1.00 bits per heavy atom. The molecule has 1 aromatic carbocycles. The second-order valence-electron chi connectivity index (χ2n) is 7.94. The summed E-state index contributed by atoms with van der Waals surface area (Å²) in [6.07, 6.45) is 10.3. The van der Waals surface area contributed by atoms with Crippen LogP contribution in [0.4, 0.5) is 0 Å². The highest BCUT2D eigenvalue weighted by atomic mass is 16.3. The lowest BCUT2D eigenvalue weighted by molar-refractivity contribution is -0.893. The minimum absolute atomic E-state index is 0.350. The summed E-state index contributed by atoms with van der Waals surface area (Å²) in [6.45, 7) is 7.86. The molecule has 0 aromatic heterocycles. The molecular formula is C24H38NO+. The molecule has 1 aliphatic carbocycles. The van der Waals surface area contributed by atoms with E-state index in [0.29, 0.717) is 12.3 Å². The molecule has 1 atom stereocenters. The van der Waals surface area contributed by atoms with Gasteiger partial charge in [0.25, 0.3) is 0 Å². The molecule has 2 N–H and O–H groups in total. The Bertz CT molecular complexity index is 545. The van der Waals surface area contributed by atoms with Gasteiger partial charge in [-0.1, -0.05) is 75.8 Å². The molecule has 0 aliphatic heterocycles. The van der Waals surface area contributed by atoms with Crippen molar-refractivity contribution in [3.8, 4) is 11.8 Å². The second kappa shape index (κ2) is 11.4. The highest BCUT2D eigenvalue weighted by molar-refractivity contribution is 5.26. The fourth-order valence-electron chi connectivity index (χ4n) is 4.15. The number of quaternary nitrogens is 1. The molecule has 1 aromatic rings. The van der Waals surface area contributed by atoms with E-state index in [4.69, 9.17) is 0 Å². The van der Waals surface area contributed by atoms with Gasteiger partial charge in [-0.25, -0.2) is 0 Å². The first-order valence-electron chi connectivity index (χ1n) is 10.8. The van der Waals surface area contributed by atoms with Gasteiger partial charge in [0.2, 0.25) is 0 Å². The van der Waals surface area contributed by atoms with Crippen LogP contribution in [0.2, 0.25) is 0 Å². The van der Waals surface area contributed by atoms with Crippen LogP contribution in [0.15, 0.2) is 30.3 Å². The van der Waals surface area contributed by atoms with Crippen molar-refractivity contribution < 1.29 is 10.0 Å². The van der Waals surface area contributed by atoms with E-state index in [1.807, 2.05) is 18.2 Å². The van der Waals surface area contributed by atoms with E-state index in [0.717, 1.165) is 24.9 Å². The van der Waals surface area contributed by atoms with Crippen LogP contribution in [0.1, 0.15) is 77.2 Å². The number of benzene rings is 1. The van der Waals surface area contributed by atoms with Crippen molar-refractivity contribution in [3.05, 3.63) is 35.9 Å². The standard InChI is InChI=1S/C24H37NO/c1-3-5-19-25(20-6-4-2)21-13-12-18-24(26,23-16-10-11-17-23)22-14-8-7-9-15-22/h7-9,14-15,23,26H,3-6,10-11,16-21H2,1-2H3/p+1/t24-/m0/s1. The summed E-state index contributed by atoms with van der Waals surface area (Å²) >= 11 is 0. The summed E-state index contributed by atoms with van der Waals surface area (Å²) in [7, 11) is 0. The minimum atomic E-state index is -0.780. The Hall–Kier alpha value is -1.30. The average Bonchev–Trinajstić information content (AvgIpc) is 3.22. The van der Waals surface area contributed by atoms with Crippen molar-refractivity contribution in [2.45, 2.75) is 77.2 Å². The van der Waals surface area contributed by atoms with Crippen molar-refractivity contribution in [3.63, 3.8) is 0 Å². The molecular weight excluding hydrogens is 318 g/mol. The van der Waals surface area contributed by atoms with Crippen LogP contribution < -0.4 is 4.90 Å². The summed E-state index contributed by atoms with van der Waals surface area (Å²) < 4.78 is 0. The first kappa shape index (κ1) is 21.0. The number of nitrogens with one attached hydrogen (secondary N) is 1. The van der Waals surface area contributed by atoms with Gasteiger partial charge in [-0.05, 0) is 43.1 Å². The molecule has 0 saturated heterocycles. The van der Waals surface area contributed by atoms with Gasteiger partial charge in [-0.2, -0.15) is 0 Å². The molecule has 0 radical (unpaired) electrons. The first-order chi connectivity index (χ1) is 12.7. The van der Waals surface area contributed by atoms with Crippen molar-refractivity contribution in [1.29, 1.82) is 0 Å². The largest absolute Gasteiger partial charge is 0.384 e. The molecule has 2 heteroatoms. The van der Waals surface area contributed by atoms with Gasteiger partial charge < -0.3 is 10.0 Å². The lowest BCUT2D eigenvalue weighted by atomic mass is 9.78.